The largest absolute Gasteiger partial charge is 0.418 e. The molecule has 0 unspecified atom stereocenters. The summed E-state index contributed by atoms with van der Waals surface area (Å²) in [7, 11) is 0. The van der Waals surface area contributed by atoms with Gasteiger partial charge < -0.3 is 5.32 Å². The summed E-state index contributed by atoms with van der Waals surface area (Å²) in [6.45, 7) is 0. The fourth-order valence-electron chi connectivity index (χ4n) is 1.95. The molecule has 1 aliphatic rings. The number of nitrogens with one attached hydrogen (secondary N) is 1. The first-order chi connectivity index (χ1) is 9.34. The molecule has 0 bridgehead atoms. The Morgan fingerprint density at radius 2 is 1.65 bits per heavy atom. The van der Waals surface area contributed by atoms with Gasteiger partial charge in [0.2, 0.25) is 0 Å². The number of benzene rings is 2. The molecule has 0 atom stereocenters. The maximum absolute atomic E-state index is 13.1. The molecule has 1 N–H and O–H groups in total. The molecular formula is C13H6Br2F3NS. The van der Waals surface area contributed by atoms with Gasteiger partial charge in [-0.15, -0.1) is 0 Å². The SMILES string of the molecule is FC(F)(F)c1cc(Br)cc2c1Nc1ccc(Br)cc1S2. The summed E-state index contributed by atoms with van der Waals surface area (Å²) in [5, 5.41) is 2.89. The first-order valence-corrected chi connectivity index (χ1v) is 7.90. The minimum Gasteiger partial charge on any atom is -0.353 e. The Kier molecular flexibility index (Phi) is 3.54. The second kappa shape index (κ2) is 4.96. The zero-order valence-electron chi connectivity index (χ0n) is 9.68. The van der Waals surface area contributed by atoms with Crippen LogP contribution in [0.5, 0.6) is 0 Å². The van der Waals surface area contributed by atoms with E-state index in [-0.39, 0.29) is 5.69 Å². The molecular weight excluding hydrogens is 419 g/mol. The van der Waals surface area contributed by atoms with Crippen LogP contribution in [-0.2, 0) is 6.18 Å². The van der Waals surface area contributed by atoms with Crippen LogP contribution in [0.4, 0.5) is 24.5 Å². The second-order valence-electron chi connectivity index (χ2n) is 4.19. The second-order valence-corrected chi connectivity index (χ2v) is 7.11. The van der Waals surface area contributed by atoms with E-state index in [1.165, 1.54) is 11.8 Å². The Labute approximate surface area is 134 Å². The molecule has 0 radical (unpaired) electrons. The number of alkyl halides is 3. The summed E-state index contributed by atoms with van der Waals surface area (Å²) in [4.78, 5) is 1.44. The highest BCUT2D eigenvalue weighted by molar-refractivity contribution is 9.10. The highest BCUT2D eigenvalue weighted by Gasteiger charge is 2.36. The van der Waals surface area contributed by atoms with Crippen LogP contribution in [0.3, 0.4) is 0 Å². The summed E-state index contributed by atoms with van der Waals surface area (Å²) >= 11 is 7.82. The van der Waals surface area contributed by atoms with Gasteiger partial charge in [-0.05, 0) is 30.3 Å². The van der Waals surface area contributed by atoms with Gasteiger partial charge in [-0.3, -0.25) is 0 Å². The van der Waals surface area contributed by atoms with Crippen molar-refractivity contribution >= 4 is 55.0 Å². The maximum atomic E-state index is 13.1. The molecule has 7 heteroatoms. The topological polar surface area (TPSA) is 12.0 Å². The minimum absolute atomic E-state index is 0.112. The van der Waals surface area contributed by atoms with Crippen molar-refractivity contribution in [1.29, 1.82) is 0 Å². The molecule has 20 heavy (non-hydrogen) atoms. The fraction of sp³-hybridized carbons (Fsp3) is 0.0769. The summed E-state index contributed by atoms with van der Waals surface area (Å²) in [6.07, 6.45) is -4.39. The van der Waals surface area contributed by atoms with Crippen LogP contribution in [0.2, 0.25) is 0 Å². The third kappa shape index (κ3) is 2.58. The molecule has 0 fully saturated rings. The lowest BCUT2D eigenvalue weighted by molar-refractivity contribution is -0.137. The van der Waals surface area contributed by atoms with Gasteiger partial charge in [0.25, 0.3) is 0 Å². The van der Waals surface area contributed by atoms with E-state index in [1.54, 1.807) is 18.2 Å². The van der Waals surface area contributed by atoms with E-state index in [1.807, 2.05) is 6.07 Å². The molecule has 0 saturated heterocycles. The first kappa shape index (κ1) is 14.3. The summed E-state index contributed by atoms with van der Waals surface area (Å²) in [5.41, 5.74) is 0.127. The molecule has 0 amide bonds. The predicted octanol–water partition coefficient (Wildman–Crippen LogP) is 6.44. The van der Waals surface area contributed by atoms with Crippen molar-refractivity contribution < 1.29 is 13.2 Å². The quantitative estimate of drug-likeness (QED) is 0.445. The molecule has 2 aromatic rings. The number of hydrogen-bond acceptors (Lipinski definition) is 2. The number of rotatable bonds is 0. The van der Waals surface area contributed by atoms with Gasteiger partial charge in [-0.25, -0.2) is 0 Å². The summed E-state index contributed by atoms with van der Waals surface area (Å²) in [6, 6.07) is 8.22. The first-order valence-electron chi connectivity index (χ1n) is 5.50. The molecule has 3 rings (SSSR count). The number of halogens is 5. The van der Waals surface area contributed by atoms with Gasteiger partial charge >= 0.3 is 6.18 Å². The van der Waals surface area contributed by atoms with Gasteiger partial charge in [-0.2, -0.15) is 13.2 Å². The van der Waals surface area contributed by atoms with Crippen molar-refractivity contribution in [3.05, 3.63) is 44.8 Å². The third-order valence-electron chi connectivity index (χ3n) is 2.80. The van der Waals surface area contributed by atoms with E-state index in [4.69, 9.17) is 0 Å². The third-order valence-corrected chi connectivity index (χ3v) is 4.85. The van der Waals surface area contributed by atoms with Crippen LogP contribution in [0.15, 0.2) is 49.1 Å². The van der Waals surface area contributed by atoms with Gasteiger partial charge in [0, 0.05) is 18.7 Å². The van der Waals surface area contributed by atoms with Crippen molar-refractivity contribution in [3.63, 3.8) is 0 Å². The highest BCUT2D eigenvalue weighted by atomic mass is 79.9. The smallest absolute Gasteiger partial charge is 0.353 e. The van der Waals surface area contributed by atoms with Crippen LogP contribution >= 0.6 is 43.6 Å². The number of anilines is 2. The van der Waals surface area contributed by atoms with Crippen LogP contribution < -0.4 is 5.32 Å². The molecule has 1 heterocycles. The van der Waals surface area contributed by atoms with Crippen LogP contribution in [0.25, 0.3) is 0 Å². The molecule has 0 aliphatic carbocycles. The maximum Gasteiger partial charge on any atom is 0.418 e. The Morgan fingerprint density at radius 1 is 0.950 bits per heavy atom. The Balaban J connectivity index is 2.16. The molecule has 104 valence electrons. The molecule has 2 aromatic carbocycles. The van der Waals surface area contributed by atoms with Crippen molar-refractivity contribution in [2.45, 2.75) is 16.0 Å². The van der Waals surface area contributed by atoms with E-state index in [0.29, 0.717) is 15.1 Å². The Morgan fingerprint density at radius 3 is 2.35 bits per heavy atom. The van der Waals surface area contributed by atoms with Gasteiger partial charge in [0.15, 0.2) is 0 Å². The van der Waals surface area contributed by atoms with Crippen molar-refractivity contribution in [3.8, 4) is 0 Å². The minimum atomic E-state index is -4.39. The Bertz CT molecular complexity index is 701. The standard InChI is InChI=1S/C13H6Br2F3NS/c14-6-1-2-9-10(4-6)20-11-5-7(15)3-8(12(11)19-9)13(16,17)18/h1-5,19H. The van der Waals surface area contributed by atoms with Gasteiger partial charge in [0.05, 0.1) is 16.9 Å². The highest BCUT2D eigenvalue weighted by Crippen LogP contribution is 2.50. The predicted molar refractivity (Wildman–Crippen MR) is 80.7 cm³/mol. The summed E-state index contributed by atoms with van der Waals surface area (Å²) < 4.78 is 40.7. The monoisotopic (exact) mass is 423 g/mol. The zero-order chi connectivity index (χ0) is 14.5. The van der Waals surface area contributed by atoms with Crippen LogP contribution in [-0.4, -0.2) is 0 Å². The lowest BCUT2D eigenvalue weighted by Gasteiger charge is -2.24. The van der Waals surface area contributed by atoms with E-state index in [2.05, 4.69) is 37.2 Å². The van der Waals surface area contributed by atoms with E-state index < -0.39 is 11.7 Å². The van der Waals surface area contributed by atoms with Crippen molar-refractivity contribution in [1.82, 2.24) is 0 Å². The number of hydrogen-bond donors (Lipinski definition) is 1. The van der Waals surface area contributed by atoms with Crippen molar-refractivity contribution in [2.24, 2.45) is 0 Å². The van der Waals surface area contributed by atoms with E-state index in [0.717, 1.165) is 15.4 Å². The average molecular weight is 425 g/mol. The van der Waals surface area contributed by atoms with Crippen molar-refractivity contribution in [2.75, 3.05) is 5.32 Å². The molecule has 1 nitrogen and oxygen atoms in total. The Hall–Kier alpha value is -0.660. The molecule has 0 aromatic heterocycles. The lowest BCUT2D eigenvalue weighted by atomic mass is 10.1. The van der Waals surface area contributed by atoms with E-state index >= 15 is 0 Å². The normalized spacial score (nSPS) is 13.4. The molecule has 0 spiro atoms. The lowest BCUT2D eigenvalue weighted by Crippen LogP contribution is -2.12. The van der Waals surface area contributed by atoms with Crippen LogP contribution in [0, 0.1) is 0 Å². The number of fused-ring (bicyclic) bond motifs is 2. The van der Waals surface area contributed by atoms with Gasteiger partial charge in [-0.1, -0.05) is 43.6 Å². The fourth-order valence-corrected chi connectivity index (χ4v) is 4.17. The van der Waals surface area contributed by atoms with E-state index in [9.17, 15) is 13.2 Å². The molecule has 1 aliphatic heterocycles. The molecule has 0 saturated carbocycles. The average Bonchev–Trinajstić information content (AvgIpc) is 2.34. The van der Waals surface area contributed by atoms with Crippen LogP contribution in [0.1, 0.15) is 5.56 Å². The zero-order valence-corrected chi connectivity index (χ0v) is 13.7. The van der Waals surface area contributed by atoms with Gasteiger partial charge in [0.1, 0.15) is 0 Å². The summed E-state index contributed by atoms with van der Waals surface area (Å²) in [5.74, 6) is 0.